The lowest BCUT2D eigenvalue weighted by atomic mass is 9.97. The highest BCUT2D eigenvalue weighted by Gasteiger charge is 2.32. The van der Waals surface area contributed by atoms with Gasteiger partial charge in [-0.2, -0.15) is 9.40 Å². The summed E-state index contributed by atoms with van der Waals surface area (Å²) in [6, 6.07) is 4.59. The maximum atomic E-state index is 13.0. The van der Waals surface area contributed by atoms with Crippen LogP contribution in [0.2, 0.25) is 0 Å². The van der Waals surface area contributed by atoms with Crippen LogP contribution in [-0.2, 0) is 23.6 Å². The van der Waals surface area contributed by atoms with Gasteiger partial charge in [-0.05, 0) is 31.9 Å². The van der Waals surface area contributed by atoms with E-state index >= 15 is 0 Å². The van der Waals surface area contributed by atoms with Gasteiger partial charge in [0.15, 0.2) is 11.5 Å². The standard InChI is InChI=1S/C18H26N4O5S/c1-5-22-17(19-20(2)18(22)23)13-8-10-21(11-9-13)28(24,25)14-6-7-15(26-3)16(12-14)27-4/h6-7,12-13H,5,8-11H2,1-4H3. The van der Waals surface area contributed by atoms with Gasteiger partial charge in [0, 0.05) is 38.7 Å². The topological polar surface area (TPSA) is 95.7 Å². The average molecular weight is 410 g/mol. The van der Waals surface area contributed by atoms with E-state index in [0.717, 1.165) is 5.82 Å². The molecular formula is C18H26N4O5S. The second-order valence-corrected chi connectivity index (χ2v) is 8.64. The fourth-order valence-corrected chi connectivity index (χ4v) is 5.09. The first kappa shape index (κ1) is 20.4. The number of ether oxygens (including phenoxy) is 2. The molecule has 2 aromatic rings. The van der Waals surface area contributed by atoms with Crippen molar-refractivity contribution in [2.45, 2.75) is 37.1 Å². The molecule has 1 aliphatic rings. The van der Waals surface area contributed by atoms with Crippen LogP contribution < -0.4 is 15.2 Å². The molecule has 1 aromatic carbocycles. The minimum absolute atomic E-state index is 0.0608. The SMILES string of the molecule is CCn1c(C2CCN(S(=O)(=O)c3ccc(OC)c(OC)c3)CC2)nn(C)c1=O. The van der Waals surface area contributed by atoms with Crippen molar-refractivity contribution in [2.75, 3.05) is 27.3 Å². The summed E-state index contributed by atoms with van der Waals surface area (Å²) >= 11 is 0. The third-order valence-corrected chi connectivity index (χ3v) is 7.06. The first-order valence-electron chi connectivity index (χ1n) is 9.19. The Morgan fingerprint density at radius 2 is 1.79 bits per heavy atom. The van der Waals surface area contributed by atoms with Crippen LogP contribution in [0.1, 0.15) is 31.5 Å². The summed E-state index contributed by atoms with van der Waals surface area (Å²) in [5.74, 6) is 1.65. The van der Waals surface area contributed by atoms with Crippen molar-refractivity contribution in [2.24, 2.45) is 7.05 Å². The first-order chi connectivity index (χ1) is 13.3. The van der Waals surface area contributed by atoms with Crippen LogP contribution in [0, 0.1) is 0 Å². The van der Waals surface area contributed by atoms with E-state index in [0.29, 0.717) is 44.0 Å². The lowest BCUT2D eigenvalue weighted by Crippen LogP contribution is -2.38. The van der Waals surface area contributed by atoms with Crippen LogP contribution in [0.4, 0.5) is 0 Å². The van der Waals surface area contributed by atoms with E-state index in [1.165, 1.54) is 35.3 Å². The van der Waals surface area contributed by atoms with E-state index < -0.39 is 10.0 Å². The molecule has 0 radical (unpaired) electrons. The van der Waals surface area contributed by atoms with E-state index in [1.54, 1.807) is 17.7 Å². The first-order valence-corrected chi connectivity index (χ1v) is 10.6. The summed E-state index contributed by atoms with van der Waals surface area (Å²) in [5.41, 5.74) is -0.141. The number of nitrogens with zero attached hydrogens (tertiary/aromatic N) is 4. The lowest BCUT2D eigenvalue weighted by Gasteiger charge is -2.30. The van der Waals surface area contributed by atoms with Gasteiger partial charge < -0.3 is 9.47 Å². The van der Waals surface area contributed by atoms with Gasteiger partial charge in [-0.1, -0.05) is 0 Å². The molecule has 10 heteroatoms. The summed E-state index contributed by atoms with van der Waals surface area (Å²) in [6.07, 6.45) is 1.23. The smallest absolute Gasteiger partial charge is 0.345 e. The number of sulfonamides is 1. The number of piperidine rings is 1. The van der Waals surface area contributed by atoms with E-state index in [1.807, 2.05) is 6.92 Å². The molecule has 3 rings (SSSR count). The summed E-state index contributed by atoms with van der Waals surface area (Å²) in [6.45, 7) is 3.20. The minimum Gasteiger partial charge on any atom is -0.493 e. The van der Waals surface area contributed by atoms with Crippen molar-refractivity contribution in [3.8, 4) is 11.5 Å². The average Bonchev–Trinajstić information content (AvgIpc) is 3.01. The van der Waals surface area contributed by atoms with Crippen molar-refractivity contribution in [1.29, 1.82) is 0 Å². The molecule has 1 fully saturated rings. The van der Waals surface area contributed by atoms with E-state index in [-0.39, 0.29) is 16.5 Å². The van der Waals surface area contributed by atoms with Crippen molar-refractivity contribution >= 4 is 10.0 Å². The summed E-state index contributed by atoms with van der Waals surface area (Å²) in [7, 11) is 0.970. The summed E-state index contributed by atoms with van der Waals surface area (Å²) in [5, 5.41) is 4.36. The van der Waals surface area contributed by atoms with Gasteiger partial charge >= 0.3 is 5.69 Å². The van der Waals surface area contributed by atoms with Crippen molar-refractivity contribution in [3.05, 3.63) is 34.5 Å². The zero-order valence-corrected chi connectivity index (χ0v) is 17.4. The minimum atomic E-state index is -3.64. The molecule has 1 aliphatic heterocycles. The van der Waals surface area contributed by atoms with Gasteiger partial charge in [0.25, 0.3) is 0 Å². The summed E-state index contributed by atoms with van der Waals surface area (Å²) in [4.78, 5) is 12.3. The second kappa shape index (κ2) is 7.96. The van der Waals surface area contributed by atoms with E-state index in [9.17, 15) is 13.2 Å². The second-order valence-electron chi connectivity index (χ2n) is 6.70. The highest BCUT2D eigenvalue weighted by atomic mass is 32.2. The van der Waals surface area contributed by atoms with Crippen LogP contribution in [-0.4, -0.2) is 54.4 Å². The molecule has 0 N–H and O–H groups in total. The number of hydrogen-bond acceptors (Lipinski definition) is 6. The van der Waals surface area contributed by atoms with Crippen LogP contribution >= 0.6 is 0 Å². The van der Waals surface area contributed by atoms with Crippen molar-refractivity contribution < 1.29 is 17.9 Å². The van der Waals surface area contributed by atoms with Crippen LogP contribution in [0.5, 0.6) is 11.5 Å². The van der Waals surface area contributed by atoms with Crippen LogP contribution in [0.25, 0.3) is 0 Å². The predicted molar refractivity (Wildman–Crippen MR) is 103 cm³/mol. The molecule has 154 valence electrons. The molecule has 0 aliphatic carbocycles. The number of hydrogen-bond donors (Lipinski definition) is 0. The Morgan fingerprint density at radius 1 is 1.14 bits per heavy atom. The Labute approximate surface area is 164 Å². The van der Waals surface area contributed by atoms with Crippen molar-refractivity contribution in [1.82, 2.24) is 18.7 Å². The molecular weight excluding hydrogens is 384 g/mol. The number of aryl methyl sites for hydroxylation is 1. The van der Waals surface area contributed by atoms with Gasteiger partial charge in [-0.25, -0.2) is 17.9 Å². The fourth-order valence-electron chi connectivity index (χ4n) is 3.60. The van der Waals surface area contributed by atoms with Gasteiger partial charge in [0.05, 0.1) is 19.1 Å². The Kier molecular flexibility index (Phi) is 5.80. The highest BCUT2D eigenvalue weighted by molar-refractivity contribution is 7.89. The van der Waals surface area contributed by atoms with E-state index in [2.05, 4.69) is 5.10 Å². The molecule has 0 saturated carbocycles. The maximum absolute atomic E-state index is 13.0. The monoisotopic (exact) mass is 410 g/mol. The molecule has 1 aromatic heterocycles. The zero-order valence-electron chi connectivity index (χ0n) is 16.6. The molecule has 28 heavy (non-hydrogen) atoms. The van der Waals surface area contributed by atoms with E-state index in [4.69, 9.17) is 9.47 Å². The maximum Gasteiger partial charge on any atom is 0.345 e. The quantitative estimate of drug-likeness (QED) is 0.710. The highest BCUT2D eigenvalue weighted by Crippen LogP contribution is 2.33. The molecule has 0 bridgehead atoms. The molecule has 0 unspecified atom stereocenters. The van der Waals surface area contributed by atoms with Crippen LogP contribution in [0.3, 0.4) is 0 Å². The molecule has 2 heterocycles. The number of aromatic nitrogens is 3. The van der Waals surface area contributed by atoms with Gasteiger partial charge in [0.1, 0.15) is 5.82 Å². The third kappa shape index (κ3) is 3.53. The Hall–Kier alpha value is -2.33. The number of rotatable bonds is 6. The molecule has 0 atom stereocenters. The normalized spacial score (nSPS) is 16.3. The Morgan fingerprint density at radius 3 is 2.36 bits per heavy atom. The molecule has 0 spiro atoms. The lowest BCUT2D eigenvalue weighted by molar-refractivity contribution is 0.308. The number of methoxy groups -OCH3 is 2. The third-order valence-electron chi connectivity index (χ3n) is 5.16. The number of benzene rings is 1. The predicted octanol–water partition coefficient (Wildman–Crippen LogP) is 1.19. The molecule has 9 nitrogen and oxygen atoms in total. The molecule has 1 saturated heterocycles. The zero-order chi connectivity index (χ0) is 20.5. The Balaban J connectivity index is 1.79. The van der Waals surface area contributed by atoms with Gasteiger partial charge in [-0.3, -0.25) is 4.57 Å². The Bertz CT molecular complexity index is 1000. The largest absolute Gasteiger partial charge is 0.493 e. The van der Waals surface area contributed by atoms with Crippen molar-refractivity contribution in [3.63, 3.8) is 0 Å². The van der Waals surface area contributed by atoms with Crippen LogP contribution in [0.15, 0.2) is 27.9 Å². The van der Waals surface area contributed by atoms with Gasteiger partial charge in [0.2, 0.25) is 10.0 Å². The summed E-state index contributed by atoms with van der Waals surface area (Å²) < 4.78 is 40.9. The fraction of sp³-hybridized carbons (Fsp3) is 0.556. The molecule has 0 amide bonds. The van der Waals surface area contributed by atoms with Gasteiger partial charge in [-0.15, -0.1) is 0 Å².